The van der Waals surface area contributed by atoms with Gasteiger partial charge in [0.1, 0.15) is 11.8 Å². The topological polar surface area (TPSA) is 85.6 Å². The van der Waals surface area contributed by atoms with E-state index in [-0.39, 0.29) is 18.1 Å². The molecule has 1 unspecified atom stereocenters. The molecule has 134 valence electrons. The van der Waals surface area contributed by atoms with E-state index < -0.39 is 6.04 Å². The molecule has 1 amide bonds. The maximum atomic E-state index is 12.8. The van der Waals surface area contributed by atoms with Gasteiger partial charge in [-0.15, -0.1) is 0 Å². The lowest BCUT2D eigenvalue weighted by Crippen LogP contribution is -2.46. The molecule has 1 aliphatic rings. The Kier molecular flexibility index (Phi) is 5.80. The minimum absolute atomic E-state index is 0.0602. The van der Waals surface area contributed by atoms with Crippen molar-refractivity contribution in [3.8, 4) is 0 Å². The fraction of sp³-hybridized carbons (Fsp3) is 0.444. The van der Waals surface area contributed by atoms with Crippen LogP contribution in [0.15, 0.2) is 40.9 Å². The highest BCUT2D eigenvalue weighted by atomic mass is 16.5. The molecule has 2 N–H and O–H groups in total. The van der Waals surface area contributed by atoms with E-state index in [0.29, 0.717) is 31.4 Å². The van der Waals surface area contributed by atoms with Crippen LogP contribution in [0.2, 0.25) is 0 Å². The van der Waals surface area contributed by atoms with Crippen LogP contribution >= 0.6 is 0 Å². The van der Waals surface area contributed by atoms with Crippen LogP contribution in [0, 0.1) is 6.92 Å². The van der Waals surface area contributed by atoms with Gasteiger partial charge >= 0.3 is 0 Å². The Morgan fingerprint density at radius 2 is 2.16 bits per heavy atom. The van der Waals surface area contributed by atoms with E-state index in [1.807, 2.05) is 37.3 Å². The predicted molar refractivity (Wildman–Crippen MR) is 92.2 cm³/mol. The Morgan fingerprint density at radius 3 is 2.84 bits per heavy atom. The van der Waals surface area contributed by atoms with Crippen molar-refractivity contribution in [2.45, 2.75) is 32.0 Å². The van der Waals surface area contributed by atoms with Gasteiger partial charge in [-0.2, -0.15) is 0 Å². The maximum Gasteiger partial charge on any atom is 0.247 e. The van der Waals surface area contributed by atoms with Gasteiger partial charge in [0, 0.05) is 12.7 Å². The highest BCUT2D eigenvalue weighted by Crippen LogP contribution is 2.20. The molecule has 2 aromatic rings. The zero-order chi connectivity index (χ0) is 17.6. The minimum atomic E-state index is -0.548. The molecule has 0 radical (unpaired) electrons. The van der Waals surface area contributed by atoms with Gasteiger partial charge in [-0.25, -0.2) is 0 Å². The maximum absolute atomic E-state index is 12.8. The molecular weight excluding hydrogens is 322 g/mol. The number of nitrogens with one attached hydrogen (secondary N) is 2. The standard InChI is InChI=1S/C18H23N3O4/c1-3-24-15-11-23-10-14(15)19-17(13-7-5-4-6-8-13)18(22)20-16-9-12(2)25-21-16/h4-9,14-15,17,19H,3,10-11H2,1-2H3,(H,20,21,22)/t14-,15-,17?/m1/s1. The molecule has 1 fully saturated rings. The first-order valence-electron chi connectivity index (χ1n) is 8.42. The Labute approximate surface area is 146 Å². The molecule has 1 saturated heterocycles. The van der Waals surface area contributed by atoms with E-state index in [1.54, 1.807) is 13.0 Å². The van der Waals surface area contributed by atoms with E-state index in [2.05, 4.69) is 15.8 Å². The number of carbonyl (C=O) groups excluding carboxylic acids is 1. The number of anilines is 1. The van der Waals surface area contributed by atoms with E-state index >= 15 is 0 Å². The van der Waals surface area contributed by atoms with E-state index in [0.717, 1.165) is 5.56 Å². The number of aromatic nitrogens is 1. The number of hydrogen-bond acceptors (Lipinski definition) is 6. The molecule has 0 bridgehead atoms. The fourth-order valence-corrected chi connectivity index (χ4v) is 2.87. The molecule has 0 aliphatic carbocycles. The van der Waals surface area contributed by atoms with Gasteiger partial charge in [0.2, 0.25) is 5.91 Å². The van der Waals surface area contributed by atoms with Crippen molar-refractivity contribution < 1.29 is 18.8 Å². The molecule has 2 heterocycles. The molecule has 0 saturated carbocycles. The summed E-state index contributed by atoms with van der Waals surface area (Å²) in [5.74, 6) is 0.830. The fourth-order valence-electron chi connectivity index (χ4n) is 2.87. The summed E-state index contributed by atoms with van der Waals surface area (Å²) in [4.78, 5) is 12.8. The summed E-state index contributed by atoms with van der Waals surface area (Å²) in [6.45, 7) is 5.36. The third-order valence-corrected chi connectivity index (χ3v) is 4.06. The number of benzene rings is 1. The number of nitrogens with zero attached hydrogens (tertiary/aromatic N) is 1. The van der Waals surface area contributed by atoms with Gasteiger partial charge in [-0.3, -0.25) is 10.1 Å². The Bertz CT molecular complexity index is 689. The molecule has 25 heavy (non-hydrogen) atoms. The highest BCUT2D eigenvalue weighted by Gasteiger charge is 2.33. The summed E-state index contributed by atoms with van der Waals surface area (Å²) in [5.41, 5.74) is 0.863. The van der Waals surface area contributed by atoms with Crippen molar-refractivity contribution in [2.75, 3.05) is 25.1 Å². The number of carbonyl (C=O) groups is 1. The van der Waals surface area contributed by atoms with E-state index in [4.69, 9.17) is 14.0 Å². The van der Waals surface area contributed by atoms with Crippen molar-refractivity contribution in [1.29, 1.82) is 0 Å². The van der Waals surface area contributed by atoms with Crippen LogP contribution in [-0.4, -0.2) is 43.0 Å². The van der Waals surface area contributed by atoms with Gasteiger partial charge in [-0.1, -0.05) is 35.5 Å². The smallest absolute Gasteiger partial charge is 0.247 e. The SMILES string of the molecule is CCO[C@@H]1COC[C@H]1NC(C(=O)Nc1cc(C)on1)c1ccccc1. The van der Waals surface area contributed by atoms with Crippen LogP contribution in [0.1, 0.15) is 24.3 Å². The molecule has 0 spiro atoms. The lowest BCUT2D eigenvalue weighted by atomic mass is 10.0. The molecule has 3 rings (SSSR count). The molecule has 1 aromatic carbocycles. The van der Waals surface area contributed by atoms with Crippen LogP contribution in [-0.2, 0) is 14.3 Å². The summed E-state index contributed by atoms with van der Waals surface area (Å²) < 4.78 is 16.2. The largest absolute Gasteiger partial charge is 0.377 e. The van der Waals surface area contributed by atoms with E-state index in [9.17, 15) is 4.79 Å². The number of amides is 1. The van der Waals surface area contributed by atoms with Gasteiger partial charge in [0.25, 0.3) is 0 Å². The van der Waals surface area contributed by atoms with Gasteiger partial charge in [0.05, 0.1) is 25.4 Å². The Balaban J connectivity index is 1.76. The van der Waals surface area contributed by atoms with Crippen molar-refractivity contribution in [3.63, 3.8) is 0 Å². The molecule has 3 atom stereocenters. The molecule has 1 aliphatic heterocycles. The van der Waals surface area contributed by atoms with Gasteiger partial charge in [-0.05, 0) is 19.4 Å². The van der Waals surface area contributed by atoms with Gasteiger partial charge in [0.15, 0.2) is 5.82 Å². The second-order valence-electron chi connectivity index (χ2n) is 5.96. The first-order valence-corrected chi connectivity index (χ1v) is 8.42. The van der Waals surface area contributed by atoms with Crippen molar-refractivity contribution >= 4 is 11.7 Å². The summed E-state index contributed by atoms with van der Waals surface area (Å²) in [5, 5.41) is 9.99. The van der Waals surface area contributed by atoms with Crippen LogP contribution in [0.4, 0.5) is 5.82 Å². The first-order chi connectivity index (χ1) is 12.2. The predicted octanol–water partition coefficient (Wildman–Crippen LogP) is 2.06. The highest BCUT2D eigenvalue weighted by molar-refractivity contribution is 5.94. The van der Waals surface area contributed by atoms with Crippen molar-refractivity contribution in [2.24, 2.45) is 0 Å². The van der Waals surface area contributed by atoms with Crippen LogP contribution < -0.4 is 10.6 Å². The van der Waals surface area contributed by atoms with Crippen molar-refractivity contribution in [3.05, 3.63) is 47.7 Å². The summed E-state index contributed by atoms with van der Waals surface area (Å²) in [7, 11) is 0. The number of aryl methyl sites for hydroxylation is 1. The third kappa shape index (κ3) is 4.45. The Hall–Kier alpha value is -2.22. The summed E-state index contributed by atoms with van der Waals surface area (Å²) in [6, 6.07) is 10.6. The minimum Gasteiger partial charge on any atom is -0.377 e. The van der Waals surface area contributed by atoms with Crippen LogP contribution in [0.5, 0.6) is 0 Å². The van der Waals surface area contributed by atoms with Crippen molar-refractivity contribution in [1.82, 2.24) is 10.5 Å². The second-order valence-corrected chi connectivity index (χ2v) is 5.96. The van der Waals surface area contributed by atoms with E-state index in [1.165, 1.54) is 0 Å². The quantitative estimate of drug-likeness (QED) is 0.799. The lowest BCUT2D eigenvalue weighted by Gasteiger charge is -2.25. The summed E-state index contributed by atoms with van der Waals surface area (Å²) >= 11 is 0. The molecule has 7 heteroatoms. The second kappa shape index (κ2) is 8.24. The lowest BCUT2D eigenvalue weighted by molar-refractivity contribution is -0.118. The van der Waals surface area contributed by atoms with Gasteiger partial charge < -0.3 is 19.3 Å². The molecule has 1 aromatic heterocycles. The average Bonchev–Trinajstić information content (AvgIpc) is 3.22. The number of ether oxygens (including phenoxy) is 2. The Morgan fingerprint density at radius 1 is 1.36 bits per heavy atom. The molecular formula is C18H23N3O4. The van der Waals surface area contributed by atoms with Crippen LogP contribution in [0.3, 0.4) is 0 Å². The zero-order valence-corrected chi connectivity index (χ0v) is 14.4. The number of hydrogen-bond donors (Lipinski definition) is 2. The molecule has 7 nitrogen and oxygen atoms in total. The van der Waals surface area contributed by atoms with Crippen LogP contribution in [0.25, 0.3) is 0 Å². The average molecular weight is 345 g/mol. The number of rotatable bonds is 7. The zero-order valence-electron chi connectivity index (χ0n) is 14.4. The normalized spacial score (nSPS) is 21.2. The summed E-state index contributed by atoms with van der Waals surface area (Å²) in [6.07, 6.45) is -0.0710. The third-order valence-electron chi connectivity index (χ3n) is 4.06. The first kappa shape index (κ1) is 17.6. The monoisotopic (exact) mass is 345 g/mol.